The molecule has 100 valence electrons. The van der Waals surface area contributed by atoms with Gasteiger partial charge in [-0.25, -0.2) is 9.78 Å². The lowest BCUT2D eigenvalue weighted by Gasteiger charge is -2.36. The van der Waals surface area contributed by atoms with Crippen LogP contribution < -0.4 is 0 Å². The molecular weight excluding hydrogens is 228 g/mol. The maximum Gasteiger partial charge on any atom is 0.329 e. The van der Waals surface area contributed by atoms with Gasteiger partial charge >= 0.3 is 6.03 Å². The third kappa shape index (κ3) is 2.90. The van der Waals surface area contributed by atoms with E-state index in [9.17, 15) is 4.79 Å². The van der Waals surface area contributed by atoms with E-state index in [0.29, 0.717) is 6.04 Å². The first kappa shape index (κ1) is 13.1. The molecule has 0 N–H and O–H groups in total. The smallest absolute Gasteiger partial charge is 0.324 e. The number of nitrogens with zero attached hydrogens (tertiary/aromatic N) is 4. The van der Waals surface area contributed by atoms with Crippen molar-refractivity contribution < 1.29 is 4.79 Å². The number of likely N-dealkylation sites (tertiary alicyclic amines) is 1. The summed E-state index contributed by atoms with van der Waals surface area (Å²) >= 11 is 0. The average molecular weight is 250 g/mol. The van der Waals surface area contributed by atoms with Gasteiger partial charge in [0.25, 0.3) is 0 Å². The van der Waals surface area contributed by atoms with E-state index in [-0.39, 0.29) is 6.03 Å². The van der Waals surface area contributed by atoms with Gasteiger partial charge in [-0.15, -0.1) is 0 Å². The van der Waals surface area contributed by atoms with E-state index in [1.54, 1.807) is 23.3 Å². The van der Waals surface area contributed by atoms with Gasteiger partial charge in [0.15, 0.2) is 0 Å². The van der Waals surface area contributed by atoms with Crippen LogP contribution in [0.25, 0.3) is 0 Å². The Hall–Kier alpha value is -1.36. The summed E-state index contributed by atoms with van der Waals surface area (Å²) in [5.41, 5.74) is 0. The first-order chi connectivity index (χ1) is 8.72. The van der Waals surface area contributed by atoms with Crippen LogP contribution in [0.1, 0.15) is 26.2 Å². The molecular formula is C13H22N4O. The van der Waals surface area contributed by atoms with Crippen molar-refractivity contribution in [1.82, 2.24) is 19.4 Å². The fraction of sp³-hybridized carbons (Fsp3) is 0.692. The molecule has 0 aromatic carbocycles. The molecule has 5 heteroatoms. The number of carbonyl (C=O) groups excluding carboxylic acids is 1. The third-order valence-corrected chi connectivity index (χ3v) is 3.67. The molecule has 1 fully saturated rings. The maximum absolute atomic E-state index is 12.1. The van der Waals surface area contributed by atoms with Gasteiger partial charge in [0.2, 0.25) is 0 Å². The Morgan fingerprint density at radius 2 is 2.17 bits per heavy atom. The number of rotatable bonds is 3. The lowest BCUT2D eigenvalue weighted by Crippen LogP contribution is -2.46. The van der Waals surface area contributed by atoms with Crippen LogP contribution in [-0.2, 0) is 0 Å². The van der Waals surface area contributed by atoms with Crippen LogP contribution in [0.15, 0.2) is 18.7 Å². The van der Waals surface area contributed by atoms with E-state index in [0.717, 1.165) is 25.9 Å². The summed E-state index contributed by atoms with van der Waals surface area (Å²) in [6.07, 6.45) is 8.23. The fourth-order valence-electron chi connectivity index (χ4n) is 2.56. The van der Waals surface area contributed by atoms with Gasteiger partial charge in [0.1, 0.15) is 6.33 Å². The molecule has 1 aliphatic heterocycles. The number of imidazole rings is 1. The number of piperidine rings is 1. The second-order valence-corrected chi connectivity index (χ2v) is 4.94. The molecule has 0 aliphatic carbocycles. The van der Waals surface area contributed by atoms with E-state index in [2.05, 4.69) is 16.8 Å². The Morgan fingerprint density at radius 1 is 1.44 bits per heavy atom. The molecule has 0 atom stereocenters. The normalized spacial score (nSPS) is 17.9. The third-order valence-electron chi connectivity index (χ3n) is 3.67. The molecule has 0 radical (unpaired) electrons. The van der Waals surface area contributed by atoms with Crippen molar-refractivity contribution in [1.29, 1.82) is 0 Å². The lowest BCUT2D eigenvalue weighted by molar-refractivity contribution is 0.135. The molecule has 0 bridgehead atoms. The van der Waals surface area contributed by atoms with E-state index in [1.165, 1.54) is 13.0 Å². The van der Waals surface area contributed by atoms with Crippen LogP contribution in [0.4, 0.5) is 4.79 Å². The Morgan fingerprint density at radius 3 is 2.72 bits per heavy atom. The minimum atomic E-state index is 0.0152. The highest BCUT2D eigenvalue weighted by atomic mass is 16.2. The summed E-state index contributed by atoms with van der Waals surface area (Å²) in [6, 6.07) is 0.370. The molecule has 2 heterocycles. The molecule has 18 heavy (non-hydrogen) atoms. The zero-order valence-corrected chi connectivity index (χ0v) is 11.2. The van der Waals surface area contributed by atoms with Crippen molar-refractivity contribution >= 4 is 6.03 Å². The highest BCUT2D eigenvalue weighted by Gasteiger charge is 2.25. The molecule has 1 aromatic rings. The average Bonchev–Trinajstić information content (AvgIpc) is 2.92. The largest absolute Gasteiger partial charge is 0.329 e. The Bertz CT molecular complexity index is 368. The minimum absolute atomic E-state index is 0.0152. The van der Waals surface area contributed by atoms with Crippen molar-refractivity contribution in [2.45, 2.75) is 32.2 Å². The summed E-state index contributed by atoms with van der Waals surface area (Å²) in [6.45, 7) is 5.58. The molecule has 2 rings (SSSR count). The van der Waals surface area contributed by atoms with E-state index in [4.69, 9.17) is 0 Å². The van der Waals surface area contributed by atoms with Crippen molar-refractivity contribution in [3.05, 3.63) is 18.7 Å². The number of hydrogen-bond donors (Lipinski definition) is 0. The van der Waals surface area contributed by atoms with Gasteiger partial charge in [0.05, 0.1) is 0 Å². The number of amides is 1. The van der Waals surface area contributed by atoms with Crippen LogP contribution in [0.2, 0.25) is 0 Å². The van der Waals surface area contributed by atoms with Crippen molar-refractivity contribution in [2.75, 3.05) is 26.7 Å². The van der Waals surface area contributed by atoms with E-state index >= 15 is 0 Å². The van der Waals surface area contributed by atoms with Crippen LogP contribution >= 0.6 is 0 Å². The zero-order valence-electron chi connectivity index (χ0n) is 11.2. The Kier molecular flexibility index (Phi) is 4.36. The first-order valence-electron chi connectivity index (χ1n) is 6.70. The summed E-state index contributed by atoms with van der Waals surface area (Å²) in [5, 5.41) is 0. The van der Waals surface area contributed by atoms with Gasteiger partial charge < -0.3 is 9.80 Å². The molecule has 0 unspecified atom stereocenters. The molecule has 1 amide bonds. The predicted molar refractivity (Wildman–Crippen MR) is 70.5 cm³/mol. The zero-order chi connectivity index (χ0) is 13.0. The summed E-state index contributed by atoms with van der Waals surface area (Å²) in [5.74, 6) is 0. The van der Waals surface area contributed by atoms with Gasteiger partial charge in [0, 0.05) is 38.6 Å². The van der Waals surface area contributed by atoms with Crippen LogP contribution in [-0.4, -0.2) is 58.1 Å². The molecule has 0 saturated carbocycles. The molecule has 1 aromatic heterocycles. The summed E-state index contributed by atoms with van der Waals surface area (Å²) < 4.78 is 1.54. The second kappa shape index (κ2) is 6.00. The van der Waals surface area contributed by atoms with Crippen molar-refractivity contribution in [3.8, 4) is 0 Å². The number of aromatic nitrogens is 2. The standard InChI is InChI=1S/C13H22N4O/c1-3-7-16-8-4-12(5-9-16)15(2)13(18)17-10-6-14-11-17/h6,10-12H,3-5,7-9H2,1-2H3. The SMILES string of the molecule is CCCN1CCC(N(C)C(=O)n2ccnc2)CC1. The Balaban J connectivity index is 1.87. The Labute approximate surface area is 108 Å². The number of hydrogen-bond acceptors (Lipinski definition) is 3. The topological polar surface area (TPSA) is 41.4 Å². The van der Waals surface area contributed by atoms with Gasteiger partial charge in [-0.3, -0.25) is 4.57 Å². The van der Waals surface area contributed by atoms with Crippen LogP contribution in [0, 0.1) is 0 Å². The highest BCUT2D eigenvalue weighted by molar-refractivity contribution is 5.76. The summed E-state index contributed by atoms with van der Waals surface area (Å²) in [4.78, 5) is 20.4. The van der Waals surface area contributed by atoms with Crippen LogP contribution in [0.3, 0.4) is 0 Å². The molecule has 1 saturated heterocycles. The van der Waals surface area contributed by atoms with Gasteiger partial charge in [-0.05, 0) is 25.8 Å². The number of carbonyl (C=O) groups is 1. The van der Waals surface area contributed by atoms with E-state index < -0.39 is 0 Å². The predicted octanol–water partition coefficient (Wildman–Crippen LogP) is 1.66. The van der Waals surface area contributed by atoms with Crippen molar-refractivity contribution in [2.24, 2.45) is 0 Å². The van der Waals surface area contributed by atoms with E-state index in [1.807, 2.05) is 11.9 Å². The highest BCUT2D eigenvalue weighted by Crippen LogP contribution is 2.16. The molecule has 1 aliphatic rings. The molecule has 0 spiro atoms. The van der Waals surface area contributed by atoms with Crippen molar-refractivity contribution in [3.63, 3.8) is 0 Å². The lowest BCUT2D eigenvalue weighted by atomic mass is 10.0. The summed E-state index contributed by atoms with van der Waals surface area (Å²) in [7, 11) is 1.89. The second-order valence-electron chi connectivity index (χ2n) is 4.94. The first-order valence-corrected chi connectivity index (χ1v) is 6.70. The quantitative estimate of drug-likeness (QED) is 0.819. The fourth-order valence-corrected chi connectivity index (χ4v) is 2.56. The minimum Gasteiger partial charge on any atom is -0.324 e. The monoisotopic (exact) mass is 250 g/mol. The van der Waals surface area contributed by atoms with Gasteiger partial charge in [-0.1, -0.05) is 6.92 Å². The van der Waals surface area contributed by atoms with Crippen LogP contribution in [0.5, 0.6) is 0 Å². The van der Waals surface area contributed by atoms with Gasteiger partial charge in [-0.2, -0.15) is 0 Å². The maximum atomic E-state index is 12.1. The molecule has 5 nitrogen and oxygen atoms in total.